The maximum atomic E-state index is 13.2. The summed E-state index contributed by atoms with van der Waals surface area (Å²) in [5, 5.41) is 17.2. The van der Waals surface area contributed by atoms with Crippen molar-refractivity contribution in [2.75, 3.05) is 33.3 Å². The number of benzene rings is 1. The Morgan fingerprint density at radius 2 is 1.91 bits per heavy atom. The number of H-pyrrole nitrogens is 1. The molecule has 2 fully saturated rings. The topological polar surface area (TPSA) is 90.9 Å². The zero-order chi connectivity index (χ0) is 23.6. The number of rotatable bonds is 5. The Hall–Kier alpha value is -2.79. The summed E-state index contributed by atoms with van der Waals surface area (Å²) in [6.07, 6.45) is -4.04. The van der Waals surface area contributed by atoms with Crippen LogP contribution < -0.4 is 4.74 Å². The Morgan fingerprint density at radius 1 is 1.18 bits per heavy atom. The van der Waals surface area contributed by atoms with Crippen molar-refractivity contribution >= 4 is 6.03 Å². The molecule has 33 heavy (non-hydrogen) atoms. The number of likely N-dealkylation sites (tertiary alicyclic amines) is 2. The molecule has 4 rings (SSSR count). The first-order valence-corrected chi connectivity index (χ1v) is 10.8. The van der Waals surface area contributed by atoms with E-state index in [0.717, 1.165) is 17.0 Å². The van der Waals surface area contributed by atoms with Crippen molar-refractivity contribution in [1.82, 2.24) is 20.0 Å². The number of aliphatic hydroxyl groups is 1. The van der Waals surface area contributed by atoms with Crippen LogP contribution in [0.15, 0.2) is 30.3 Å². The van der Waals surface area contributed by atoms with Gasteiger partial charge in [-0.25, -0.2) is 4.79 Å². The molecule has 3 unspecified atom stereocenters. The molecule has 2 aromatic rings. The number of piperidine rings is 1. The van der Waals surface area contributed by atoms with Crippen LogP contribution >= 0.6 is 0 Å². The van der Waals surface area contributed by atoms with E-state index >= 15 is 0 Å². The highest BCUT2D eigenvalue weighted by atomic mass is 19.4. The molecule has 8 nitrogen and oxygen atoms in total. The predicted octanol–water partition coefficient (Wildman–Crippen LogP) is 3.21. The standard InChI is InChI=1S/C22H27F3N4O4/c1-32-13-17-9-20(27-26-17)16-8-15(14-2-4-19(5-3-14)33-22(23,24)25)10-29(11-16)21(31)28-7-6-18(30)12-28/h2-5,9,15-16,18,30H,6-8,10-13H2,1H3,(H,26,27). The first kappa shape index (κ1) is 23.4. The van der Waals surface area contributed by atoms with Crippen molar-refractivity contribution in [2.24, 2.45) is 0 Å². The molecule has 2 aliphatic rings. The molecule has 3 atom stereocenters. The summed E-state index contributed by atoms with van der Waals surface area (Å²) >= 11 is 0. The van der Waals surface area contributed by atoms with Gasteiger partial charge in [-0.05, 0) is 36.6 Å². The number of nitrogens with zero attached hydrogens (tertiary/aromatic N) is 3. The van der Waals surface area contributed by atoms with Gasteiger partial charge in [-0.3, -0.25) is 5.10 Å². The average molecular weight is 468 g/mol. The molecule has 1 aromatic heterocycles. The zero-order valence-electron chi connectivity index (χ0n) is 18.2. The lowest BCUT2D eigenvalue weighted by Crippen LogP contribution is -2.48. The number of methoxy groups -OCH3 is 1. The lowest BCUT2D eigenvalue weighted by Gasteiger charge is -2.39. The van der Waals surface area contributed by atoms with Crippen molar-refractivity contribution in [3.05, 3.63) is 47.3 Å². The second-order valence-corrected chi connectivity index (χ2v) is 8.57. The molecule has 3 heterocycles. The van der Waals surface area contributed by atoms with E-state index in [1.54, 1.807) is 29.0 Å². The van der Waals surface area contributed by atoms with Crippen molar-refractivity contribution in [1.29, 1.82) is 0 Å². The number of hydrogen-bond donors (Lipinski definition) is 2. The van der Waals surface area contributed by atoms with E-state index in [2.05, 4.69) is 14.9 Å². The van der Waals surface area contributed by atoms with Gasteiger partial charge in [0.2, 0.25) is 0 Å². The Morgan fingerprint density at radius 3 is 2.55 bits per heavy atom. The molecule has 0 bridgehead atoms. The smallest absolute Gasteiger partial charge is 0.406 e. The van der Waals surface area contributed by atoms with E-state index in [-0.39, 0.29) is 23.6 Å². The largest absolute Gasteiger partial charge is 0.573 e. The maximum Gasteiger partial charge on any atom is 0.573 e. The number of hydrogen-bond acceptors (Lipinski definition) is 5. The highest BCUT2D eigenvalue weighted by Crippen LogP contribution is 2.37. The second-order valence-electron chi connectivity index (χ2n) is 8.57. The average Bonchev–Trinajstić information content (AvgIpc) is 3.42. The number of β-amino-alcohol motifs (C(OH)–C–C–N with tert-alkyl or cyclic N) is 1. The van der Waals surface area contributed by atoms with E-state index in [1.807, 2.05) is 6.07 Å². The molecule has 0 spiro atoms. The molecule has 11 heteroatoms. The van der Waals surface area contributed by atoms with Crippen molar-refractivity contribution in [3.63, 3.8) is 0 Å². The lowest BCUT2D eigenvalue weighted by atomic mass is 9.83. The van der Waals surface area contributed by atoms with E-state index in [1.165, 1.54) is 12.1 Å². The van der Waals surface area contributed by atoms with Crippen LogP contribution in [0.3, 0.4) is 0 Å². The molecule has 2 N–H and O–H groups in total. The Kier molecular flexibility index (Phi) is 6.80. The number of aromatic amines is 1. The van der Waals surface area contributed by atoms with Crippen molar-refractivity contribution in [2.45, 2.75) is 43.8 Å². The number of aromatic nitrogens is 2. The maximum absolute atomic E-state index is 13.2. The van der Waals surface area contributed by atoms with E-state index in [4.69, 9.17) is 4.74 Å². The Bertz CT molecular complexity index is 950. The number of carbonyl (C=O) groups is 1. The summed E-state index contributed by atoms with van der Waals surface area (Å²) in [5.74, 6) is -0.440. The molecule has 2 aliphatic heterocycles. The van der Waals surface area contributed by atoms with Gasteiger partial charge >= 0.3 is 12.4 Å². The van der Waals surface area contributed by atoms with E-state index in [9.17, 15) is 23.1 Å². The SMILES string of the molecule is COCc1cc(C2CC(c3ccc(OC(F)(F)F)cc3)CN(C(=O)N3CCC(O)C3)C2)n[nH]1. The molecule has 0 aliphatic carbocycles. The first-order valence-electron chi connectivity index (χ1n) is 10.8. The first-order chi connectivity index (χ1) is 15.7. The van der Waals surface area contributed by atoms with Gasteiger partial charge in [0.1, 0.15) is 5.75 Å². The van der Waals surface area contributed by atoms with Crippen LogP contribution in [0.1, 0.15) is 41.6 Å². The van der Waals surface area contributed by atoms with Crippen molar-refractivity contribution < 1.29 is 32.5 Å². The minimum atomic E-state index is -4.75. The fraction of sp³-hybridized carbons (Fsp3) is 0.545. The normalized spacial score (nSPS) is 23.7. The number of nitrogens with one attached hydrogen (secondary N) is 1. The number of amides is 2. The summed E-state index contributed by atoms with van der Waals surface area (Å²) in [7, 11) is 1.59. The van der Waals surface area contributed by atoms with Crippen LogP contribution in [0.2, 0.25) is 0 Å². The fourth-order valence-electron chi connectivity index (χ4n) is 4.59. The van der Waals surface area contributed by atoms with Gasteiger partial charge in [-0.2, -0.15) is 5.10 Å². The van der Waals surface area contributed by atoms with Crippen LogP contribution in [0.5, 0.6) is 5.75 Å². The predicted molar refractivity (Wildman–Crippen MR) is 112 cm³/mol. The summed E-state index contributed by atoms with van der Waals surface area (Å²) < 4.78 is 46.6. The second kappa shape index (κ2) is 9.60. The molecule has 2 amide bonds. The molecule has 0 saturated carbocycles. The van der Waals surface area contributed by atoms with Gasteiger partial charge in [-0.15, -0.1) is 13.2 Å². The molecule has 2 saturated heterocycles. The fourth-order valence-corrected chi connectivity index (χ4v) is 4.59. The van der Waals surface area contributed by atoms with E-state index < -0.39 is 12.5 Å². The van der Waals surface area contributed by atoms with E-state index in [0.29, 0.717) is 45.6 Å². The van der Waals surface area contributed by atoms with Gasteiger partial charge in [0.25, 0.3) is 0 Å². The lowest BCUT2D eigenvalue weighted by molar-refractivity contribution is -0.274. The van der Waals surface area contributed by atoms with Gasteiger partial charge < -0.3 is 24.4 Å². The molecular weight excluding hydrogens is 441 g/mol. The Labute approximate surface area is 189 Å². The van der Waals surface area contributed by atoms with Crippen LogP contribution in [-0.4, -0.2) is 76.9 Å². The summed E-state index contributed by atoms with van der Waals surface area (Å²) in [5.41, 5.74) is 2.45. The third-order valence-corrected chi connectivity index (χ3v) is 6.11. The number of urea groups is 1. The molecule has 1 aromatic carbocycles. The van der Waals surface area contributed by atoms with Crippen LogP contribution in [-0.2, 0) is 11.3 Å². The number of alkyl halides is 3. The molecule has 180 valence electrons. The Balaban J connectivity index is 1.55. The van der Waals surface area contributed by atoms with Gasteiger partial charge in [-0.1, -0.05) is 12.1 Å². The monoisotopic (exact) mass is 468 g/mol. The molecule has 0 radical (unpaired) electrons. The summed E-state index contributed by atoms with van der Waals surface area (Å²) in [6, 6.07) is 7.57. The highest BCUT2D eigenvalue weighted by molar-refractivity contribution is 5.75. The zero-order valence-corrected chi connectivity index (χ0v) is 18.2. The minimum absolute atomic E-state index is 0.0619. The minimum Gasteiger partial charge on any atom is -0.406 e. The summed E-state index contributed by atoms with van der Waals surface area (Å²) in [4.78, 5) is 16.6. The van der Waals surface area contributed by atoms with Crippen LogP contribution in [0.4, 0.5) is 18.0 Å². The highest BCUT2D eigenvalue weighted by Gasteiger charge is 2.37. The van der Waals surface area contributed by atoms with Crippen LogP contribution in [0.25, 0.3) is 0 Å². The number of carbonyl (C=O) groups excluding carboxylic acids is 1. The number of ether oxygens (including phenoxy) is 2. The molecular formula is C22H27F3N4O4. The third kappa shape index (κ3) is 5.77. The quantitative estimate of drug-likeness (QED) is 0.703. The third-order valence-electron chi connectivity index (χ3n) is 6.11. The number of aliphatic hydroxyl groups excluding tert-OH is 1. The van der Waals surface area contributed by atoms with Gasteiger partial charge in [0.05, 0.1) is 24.1 Å². The number of halogens is 3. The summed E-state index contributed by atoms with van der Waals surface area (Å²) in [6.45, 7) is 2.08. The van der Waals surface area contributed by atoms with Crippen LogP contribution in [0, 0.1) is 0 Å². The van der Waals surface area contributed by atoms with Gasteiger partial charge in [0, 0.05) is 45.1 Å². The van der Waals surface area contributed by atoms with Crippen molar-refractivity contribution in [3.8, 4) is 5.75 Å². The van der Waals surface area contributed by atoms with Gasteiger partial charge in [0.15, 0.2) is 0 Å².